The molecule has 1 heterocycles. The van der Waals surface area contributed by atoms with Crippen molar-refractivity contribution in [2.24, 2.45) is 0 Å². The summed E-state index contributed by atoms with van der Waals surface area (Å²) in [5.41, 5.74) is 0.329. The zero-order valence-corrected chi connectivity index (χ0v) is 18.9. The molecule has 0 amide bonds. The van der Waals surface area contributed by atoms with Gasteiger partial charge in [0, 0.05) is 32.7 Å². The van der Waals surface area contributed by atoms with Crippen LogP contribution in [0.5, 0.6) is 0 Å². The van der Waals surface area contributed by atoms with Crippen molar-refractivity contribution in [2.75, 3.05) is 44.7 Å². The zero-order chi connectivity index (χ0) is 23.1. The fourth-order valence-electron chi connectivity index (χ4n) is 3.36. The number of hydrogen-bond acceptors (Lipinski definition) is 3. The molecule has 1 saturated heterocycles. The summed E-state index contributed by atoms with van der Waals surface area (Å²) in [5.74, 6) is -0.329. The molecular formula is C22H24ClF4N3OS. The standard InChI is InChI=1S/C22H24ClF4N3OS/c23-19-14-17(22(25,26)27)4-7-20(19)28-21(32)30(15-16-2-5-18(24)6-3-16)9-1-8-29-10-12-31-13-11-29/h2-7,14H,1,8-13,15H2,(H,28,32). The summed E-state index contributed by atoms with van der Waals surface area (Å²) in [6.07, 6.45) is -3.65. The SMILES string of the molecule is Fc1ccc(CN(CCCN2CCOCC2)C(=S)Nc2ccc(C(F)(F)F)cc2Cl)cc1. The van der Waals surface area contributed by atoms with E-state index in [0.29, 0.717) is 37.1 Å². The van der Waals surface area contributed by atoms with Gasteiger partial charge in [-0.05, 0) is 54.5 Å². The van der Waals surface area contributed by atoms with Gasteiger partial charge in [-0.25, -0.2) is 4.39 Å². The molecule has 174 valence electrons. The van der Waals surface area contributed by atoms with Crippen molar-refractivity contribution >= 4 is 34.6 Å². The summed E-state index contributed by atoms with van der Waals surface area (Å²) in [6.45, 7) is 5.08. The van der Waals surface area contributed by atoms with E-state index in [9.17, 15) is 17.6 Å². The molecule has 3 rings (SSSR count). The van der Waals surface area contributed by atoms with Gasteiger partial charge < -0.3 is 15.0 Å². The van der Waals surface area contributed by atoms with Crippen molar-refractivity contribution in [1.82, 2.24) is 9.80 Å². The summed E-state index contributed by atoms with van der Waals surface area (Å²) in [6, 6.07) is 9.21. The molecule has 10 heteroatoms. The van der Waals surface area contributed by atoms with Gasteiger partial charge in [0.15, 0.2) is 5.11 Å². The largest absolute Gasteiger partial charge is 0.416 e. The molecule has 32 heavy (non-hydrogen) atoms. The molecule has 0 unspecified atom stereocenters. The Bertz CT molecular complexity index is 905. The lowest BCUT2D eigenvalue weighted by Gasteiger charge is -2.30. The molecule has 1 N–H and O–H groups in total. The van der Waals surface area contributed by atoms with E-state index < -0.39 is 11.7 Å². The van der Waals surface area contributed by atoms with E-state index in [2.05, 4.69) is 10.2 Å². The third-order valence-electron chi connectivity index (χ3n) is 5.12. The second-order valence-corrected chi connectivity index (χ2v) is 8.27. The molecular weight excluding hydrogens is 466 g/mol. The van der Waals surface area contributed by atoms with Crippen LogP contribution in [-0.2, 0) is 17.5 Å². The van der Waals surface area contributed by atoms with E-state index in [4.69, 9.17) is 28.6 Å². The lowest BCUT2D eigenvalue weighted by molar-refractivity contribution is -0.137. The van der Waals surface area contributed by atoms with Crippen LogP contribution in [0.4, 0.5) is 23.2 Å². The number of thiocarbonyl (C=S) groups is 1. The summed E-state index contributed by atoms with van der Waals surface area (Å²) >= 11 is 11.6. The highest BCUT2D eigenvalue weighted by Crippen LogP contribution is 2.33. The van der Waals surface area contributed by atoms with Gasteiger partial charge in [0.25, 0.3) is 0 Å². The number of nitrogens with one attached hydrogen (secondary N) is 1. The summed E-state index contributed by atoms with van der Waals surface area (Å²) < 4.78 is 57.3. The van der Waals surface area contributed by atoms with Gasteiger partial charge in [-0.15, -0.1) is 0 Å². The Kier molecular flexibility index (Phi) is 8.70. The molecule has 2 aromatic rings. The number of halogens is 5. The number of morpholine rings is 1. The molecule has 0 radical (unpaired) electrons. The van der Waals surface area contributed by atoms with E-state index >= 15 is 0 Å². The van der Waals surface area contributed by atoms with Crippen LogP contribution in [0.15, 0.2) is 42.5 Å². The van der Waals surface area contributed by atoms with Gasteiger partial charge in [-0.3, -0.25) is 4.90 Å². The Morgan fingerprint density at radius 1 is 1.12 bits per heavy atom. The van der Waals surface area contributed by atoms with Gasteiger partial charge in [0.1, 0.15) is 5.82 Å². The smallest absolute Gasteiger partial charge is 0.379 e. The molecule has 1 fully saturated rings. The Morgan fingerprint density at radius 2 is 1.81 bits per heavy atom. The van der Waals surface area contributed by atoms with Gasteiger partial charge >= 0.3 is 6.18 Å². The van der Waals surface area contributed by atoms with Crippen molar-refractivity contribution in [3.8, 4) is 0 Å². The van der Waals surface area contributed by atoms with Gasteiger partial charge in [-0.2, -0.15) is 13.2 Å². The van der Waals surface area contributed by atoms with Crippen LogP contribution in [0.1, 0.15) is 17.5 Å². The van der Waals surface area contributed by atoms with E-state index in [0.717, 1.165) is 43.8 Å². The Morgan fingerprint density at radius 3 is 2.44 bits per heavy atom. The first-order valence-corrected chi connectivity index (χ1v) is 11.0. The molecule has 0 atom stereocenters. The minimum Gasteiger partial charge on any atom is -0.379 e. The highest BCUT2D eigenvalue weighted by Gasteiger charge is 2.31. The van der Waals surface area contributed by atoms with E-state index in [-0.39, 0.29) is 10.8 Å². The van der Waals surface area contributed by atoms with Crippen molar-refractivity contribution in [3.05, 3.63) is 64.4 Å². The second-order valence-electron chi connectivity index (χ2n) is 7.48. The van der Waals surface area contributed by atoms with Crippen LogP contribution in [0.25, 0.3) is 0 Å². The normalized spacial score (nSPS) is 14.9. The lowest BCUT2D eigenvalue weighted by atomic mass is 10.2. The Labute approximate surface area is 195 Å². The summed E-state index contributed by atoms with van der Waals surface area (Å²) in [4.78, 5) is 4.21. The van der Waals surface area contributed by atoms with E-state index in [1.54, 1.807) is 12.1 Å². The number of ether oxygens (including phenoxy) is 1. The van der Waals surface area contributed by atoms with Crippen LogP contribution < -0.4 is 5.32 Å². The monoisotopic (exact) mass is 489 g/mol. The number of nitrogens with zero attached hydrogens (tertiary/aromatic N) is 2. The first-order chi connectivity index (χ1) is 15.2. The Hall–Kier alpha value is -1.94. The van der Waals surface area contributed by atoms with E-state index in [1.807, 2.05) is 4.90 Å². The highest BCUT2D eigenvalue weighted by molar-refractivity contribution is 7.80. The maximum atomic E-state index is 13.3. The minimum atomic E-state index is -4.48. The van der Waals surface area contributed by atoms with Gasteiger partial charge in [0.2, 0.25) is 0 Å². The number of alkyl halides is 3. The van der Waals surface area contributed by atoms with Crippen LogP contribution in [0.3, 0.4) is 0 Å². The van der Waals surface area contributed by atoms with Crippen LogP contribution in [-0.4, -0.2) is 54.3 Å². The predicted molar refractivity (Wildman–Crippen MR) is 121 cm³/mol. The zero-order valence-electron chi connectivity index (χ0n) is 17.3. The number of rotatable bonds is 7. The third kappa shape index (κ3) is 7.30. The average Bonchev–Trinajstić information content (AvgIpc) is 2.76. The molecule has 0 aromatic heterocycles. The number of benzene rings is 2. The number of hydrogen-bond donors (Lipinski definition) is 1. The predicted octanol–water partition coefficient (Wildman–Crippen LogP) is 5.42. The topological polar surface area (TPSA) is 27.7 Å². The maximum Gasteiger partial charge on any atom is 0.416 e. The molecule has 0 bridgehead atoms. The molecule has 0 aliphatic carbocycles. The van der Waals surface area contributed by atoms with Crippen molar-refractivity contribution in [3.63, 3.8) is 0 Å². The Balaban J connectivity index is 1.67. The van der Waals surface area contributed by atoms with Crippen LogP contribution >= 0.6 is 23.8 Å². The summed E-state index contributed by atoms with van der Waals surface area (Å²) in [7, 11) is 0. The van der Waals surface area contributed by atoms with E-state index in [1.165, 1.54) is 18.2 Å². The first kappa shape index (κ1) is 24.7. The van der Waals surface area contributed by atoms with Crippen LogP contribution in [0, 0.1) is 5.82 Å². The molecule has 4 nitrogen and oxygen atoms in total. The fraction of sp³-hybridized carbons (Fsp3) is 0.409. The maximum absolute atomic E-state index is 13.3. The first-order valence-electron chi connectivity index (χ1n) is 10.2. The average molecular weight is 490 g/mol. The summed E-state index contributed by atoms with van der Waals surface area (Å²) in [5, 5.41) is 3.22. The van der Waals surface area contributed by atoms with Crippen molar-refractivity contribution in [1.29, 1.82) is 0 Å². The lowest BCUT2D eigenvalue weighted by Crippen LogP contribution is -2.40. The minimum absolute atomic E-state index is 0.0720. The molecule has 0 spiro atoms. The third-order valence-corrected chi connectivity index (χ3v) is 5.79. The van der Waals surface area contributed by atoms with Crippen molar-refractivity contribution in [2.45, 2.75) is 19.1 Å². The molecule has 2 aromatic carbocycles. The molecule has 1 aliphatic rings. The second kappa shape index (κ2) is 11.3. The number of anilines is 1. The quantitative estimate of drug-likeness (QED) is 0.414. The van der Waals surface area contributed by atoms with Gasteiger partial charge in [0.05, 0.1) is 29.5 Å². The van der Waals surface area contributed by atoms with Crippen molar-refractivity contribution < 1.29 is 22.3 Å². The molecule has 0 saturated carbocycles. The van der Waals surface area contributed by atoms with Gasteiger partial charge in [-0.1, -0.05) is 23.7 Å². The highest BCUT2D eigenvalue weighted by atomic mass is 35.5. The fourth-order valence-corrected chi connectivity index (χ4v) is 3.85. The molecule has 1 aliphatic heterocycles. The van der Waals surface area contributed by atoms with Crippen LogP contribution in [0.2, 0.25) is 5.02 Å².